The molecule has 0 amide bonds. The van der Waals surface area contributed by atoms with Gasteiger partial charge < -0.3 is 5.32 Å². The molecule has 1 nitrogen and oxygen atoms in total. The first-order chi connectivity index (χ1) is 12.4. The third-order valence-electron chi connectivity index (χ3n) is 4.25. The van der Waals surface area contributed by atoms with Gasteiger partial charge in [0, 0.05) is 11.4 Å². The number of hydrogen-bond acceptors (Lipinski definition) is 1. The monoisotopic (exact) mass is 321 g/mol. The van der Waals surface area contributed by atoms with Crippen molar-refractivity contribution in [1.29, 1.82) is 0 Å². The summed E-state index contributed by atoms with van der Waals surface area (Å²) in [6.07, 6.45) is 0. The lowest BCUT2D eigenvalue weighted by Crippen LogP contribution is -1.89. The molecule has 0 aliphatic rings. The molecule has 4 rings (SSSR count). The summed E-state index contributed by atoms with van der Waals surface area (Å²) in [6, 6.07) is 38.0. The smallest absolute Gasteiger partial charge is 0.0384 e. The maximum atomic E-state index is 3.42. The highest BCUT2D eigenvalue weighted by molar-refractivity contribution is 5.74. The van der Waals surface area contributed by atoms with E-state index in [0.717, 1.165) is 11.4 Å². The molecule has 0 heterocycles. The predicted molar refractivity (Wildman–Crippen MR) is 107 cm³/mol. The highest BCUT2D eigenvalue weighted by atomic mass is 14.9. The molecule has 0 spiro atoms. The van der Waals surface area contributed by atoms with E-state index in [4.69, 9.17) is 0 Å². The Balaban J connectivity index is 1.58. The van der Waals surface area contributed by atoms with Crippen LogP contribution < -0.4 is 5.32 Å². The van der Waals surface area contributed by atoms with Crippen molar-refractivity contribution in [2.45, 2.75) is 0 Å². The van der Waals surface area contributed by atoms with Crippen molar-refractivity contribution in [3.8, 4) is 22.3 Å². The summed E-state index contributed by atoms with van der Waals surface area (Å²) >= 11 is 0. The van der Waals surface area contributed by atoms with Gasteiger partial charge in [-0.2, -0.15) is 0 Å². The van der Waals surface area contributed by atoms with Crippen LogP contribution >= 0.6 is 0 Å². The zero-order valence-electron chi connectivity index (χ0n) is 13.9. The molecule has 0 bridgehead atoms. The van der Waals surface area contributed by atoms with Gasteiger partial charge >= 0.3 is 0 Å². The van der Waals surface area contributed by atoms with Gasteiger partial charge in [0.2, 0.25) is 0 Å². The minimum Gasteiger partial charge on any atom is -0.356 e. The maximum Gasteiger partial charge on any atom is 0.0384 e. The number of anilines is 2. The van der Waals surface area contributed by atoms with Crippen molar-refractivity contribution < 1.29 is 0 Å². The molecule has 1 heteroatoms. The highest BCUT2D eigenvalue weighted by Crippen LogP contribution is 2.27. The zero-order chi connectivity index (χ0) is 16.9. The second kappa shape index (κ2) is 7.06. The van der Waals surface area contributed by atoms with Gasteiger partial charge in [-0.05, 0) is 52.6 Å². The summed E-state index contributed by atoms with van der Waals surface area (Å²) in [6.45, 7) is 0. The minimum absolute atomic E-state index is 1.09. The first-order valence-corrected chi connectivity index (χ1v) is 8.46. The summed E-state index contributed by atoms with van der Waals surface area (Å²) in [7, 11) is 0. The SMILES string of the molecule is c1ccc(Nc2ccc(-c3cccc(-c4ccccc4)c3)cc2)cc1. The van der Waals surface area contributed by atoms with Crippen LogP contribution in [0.25, 0.3) is 22.3 Å². The number of rotatable bonds is 4. The van der Waals surface area contributed by atoms with E-state index < -0.39 is 0 Å². The van der Waals surface area contributed by atoms with E-state index in [2.05, 4.69) is 90.2 Å². The predicted octanol–water partition coefficient (Wildman–Crippen LogP) is 6.76. The molecule has 0 aromatic heterocycles. The molecule has 4 aromatic carbocycles. The van der Waals surface area contributed by atoms with Crippen LogP contribution in [0.4, 0.5) is 11.4 Å². The molecule has 1 N–H and O–H groups in total. The fourth-order valence-corrected chi connectivity index (χ4v) is 2.94. The van der Waals surface area contributed by atoms with Crippen molar-refractivity contribution >= 4 is 11.4 Å². The fraction of sp³-hybridized carbons (Fsp3) is 0. The fourth-order valence-electron chi connectivity index (χ4n) is 2.94. The zero-order valence-corrected chi connectivity index (χ0v) is 13.9. The van der Waals surface area contributed by atoms with Crippen molar-refractivity contribution in [3.63, 3.8) is 0 Å². The third kappa shape index (κ3) is 3.61. The average Bonchev–Trinajstić information content (AvgIpc) is 2.70. The van der Waals surface area contributed by atoms with E-state index >= 15 is 0 Å². The van der Waals surface area contributed by atoms with Gasteiger partial charge in [0.15, 0.2) is 0 Å². The molecule has 0 saturated carbocycles. The Hall–Kier alpha value is -3.32. The molecule has 0 unspecified atom stereocenters. The number of benzene rings is 4. The maximum absolute atomic E-state index is 3.42. The molecule has 0 radical (unpaired) electrons. The lowest BCUT2D eigenvalue weighted by atomic mass is 9.99. The second-order valence-corrected chi connectivity index (χ2v) is 6.02. The Morgan fingerprint density at radius 2 is 0.840 bits per heavy atom. The van der Waals surface area contributed by atoms with Crippen LogP contribution in [0.5, 0.6) is 0 Å². The van der Waals surface area contributed by atoms with Gasteiger partial charge in [-0.3, -0.25) is 0 Å². The van der Waals surface area contributed by atoms with Gasteiger partial charge in [-0.1, -0.05) is 78.9 Å². The molecule has 0 fully saturated rings. The molecule has 0 saturated heterocycles. The van der Waals surface area contributed by atoms with Crippen molar-refractivity contribution in [2.75, 3.05) is 5.32 Å². The van der Waals surface area contributed by atoms with E-state index in [-0.39, 0.29) is 0 Å². The average molecular weight is 321 g/mol. The topological polar surface area (TPSA) is 12.0 Å². The van der Waals surface area contributed by atoms with Crippen LogP contribution in [0.2, 0.25) is 0 Å². The Morgan fingerprint density at radius 1 is 0.360 bits per heavy atom. The molecular weight excluding hydrogens is 302 g/mol. The largest absolute Gasteiger partial charge is 0.356 e. The minimum atomic E-state index is 1.09. The van der Waals surface area contributed by atoms with Crippen molar-refractivity contribution in [1.82, 2.24) is 0 Å². The normalized spacial score (nSPS) is 10.4. The van der Waals surface area contributed by atoms with Crippen LogP contribution in [0.3, 0.4) is 0 Å². The Morgan fingerprint density at radius 3 is 1.48 bits per heavy atom. The molecular formula is C24H19N. The van der Waals surface area contributed by atoms with E-state index in [9.17, 15) is 0 Å². The summed E-state index contributed by atoms with van der Waals surface area (Å²) in [5.41, 5.74) is 7.12. The standard InChI is InChI=1S/C24H19N/c1-3-8-19(9-4-1)21-10-7-11-22(18-21)20-14-16-24(17-15-20)25-23-12-5-2-6-13-23/h1-18,25H. The van der Waals surface area contributed by atoms with Crippen LogP contribution in [-0.4, -0.2) is 0 Å². The van der Waals surface area contributed by atoms with E-state index in [1.165, 1.54) is 22.3 Å². The molecule has 4 aromatic rings. The first-order valence-electron chi connectivity index (χ1n) is 8.46. The van der Waals surface area contributed by atoms with Gasteiger partial charge in [-0.15, -0.1) is 0 Å². The van der Waals surface area contributed by atoms with Crippen LogP contribution in [-0.2, 0) is 0 Å². The van der Waals surface area contributed by atoms with Gasteiger partial charge in [0.25, 0.3) is 0 Å². The highest BCUT2D eigenvalue weighted by Gasteiger charge is 2.02. The lowest BCUT2D eigenvalue weighted by Gasteiger charge is -2.09. The summed E-state index contributed by atoms with van der Waals surface area (Å²) < 4.78 is 0. The van der Waals surface area contributed by atoms with E-state index in [0.29, 0.717) is 0 Å². The Kier molecular flexibility index (Phi) is 4.30. The van der Waals surface area contributed by atoms with Crippen LogP contribution in [0.15, 0.2) is 109 Å². The van der Waals surface area contributed by atoms with E-state index in [1.54, 1.807) is 0 Å². The summed E-state index contributed by atoms with van der Waals surface area (Å²) in [4.78, 5) is 0. The third-order valence-corrected chi connectivity index (χ3v) is 4.25. The second-order valence-electron chi connectivity index (χ2n) is 6.02. The van der Waals surface area contributed by atoms with Gasteiger partial charge in [0.05, 0.1) is 0 Å². The van der Waals surface area contributed by atoms with Crippen LogP contribution in [0.1, 0.15) is 0 Å². The quantitative estimate of drug-likeness (QED) is 0.437. The molecule has 0 aliphatic carbocycles. The first kappa shape index (κ1) is 15.2. The number of nitrogens with one attached hydrogen (secondary N) is 1. The summed E-state index contributed by atoms with van der Waals surface area (Å²) in [5.74, 6) is 0. The molecule has 120 valence electrons. The molecule has 25 heavy (non-hydrogen) atoms. The van der Waals surface area contributed by atoms with Gasteiger partial charge in [0.1, 0.15) is 0 Å². The molecule has 0 aliphatic heterocycles. The van der Waals surface area contributed by atoms with Crippen molar-refractivity contribution in [2.24, 2.45) is 0 Å². The lowest BCUT2D eigenvalue weighted by molar-refractivity contribution is 1.54. The Bertz CT molecular complexity index is 942. The Labute approximate surface area is 148 Å². The van der Waals surface area contributed by atoms with Gasteiger partial charge in [-0.25, -0.2) is 0 Å². The van der Waals surface area contributed by atoms with E-state index in [1.807, 2.05) is 24.3 Å². The number of hydrogen-bond donors (Lipinski definition) is 1. The summed E-state index contributed by atoms with van der Waals surface area (Å²) in [5, 5.41) is 3.42. The van der Waals surface area contributed by atoms with Crippen LogP contribution in [0, 0.1) is 0 Å². The number of para-hydroxylation sites is 1. The van der Waals surface area contributed by atoms with Crippen molar-refractivity contribution in [3.05, 3.63) is 109 Å². The molecule has 0 atom stereocenters.